The average Bonchev–Trinajstić information content (AvgIpc) is 2.57. The fourth-order valence-electron chi connectivity index (χ4n) is 2.17. The average molecular weight is 327 g/mol. The summed E-state index contributed by atoms with van der Waals surface area (Å²) in [6.07, 6.45) is 2.66. The molecule has 0 aliphatic carbocycles. The standard InChI is InChI=1S/C19H25N3O2/c1-4-24-17-8-6-5-7-16(17)22-19(23)15-9-10-18(21-13-15)20-12-11-14(2)3/h5-10,13-14H,4,11-12H2,1-3H3,(H,20,21)(H,22,23). The second-order valence-corrected chi connectivity index (χ2v) is 5.92. The van der Waals surface area contributed by atoms with Gasteiger partial charge in [0.05, 0.1) is 17.9 Å². The predicted molar refractivity (Wildman–Crippen MR) is 97.7 cm³/mol. The number of anilines is 2. The van der Waals surface area contributed by atoms with E-state index >= 15 is 0 Å². The maximum Gasteiger partial charge on any atom is 0.257 e. The summed E-state index contributed by atoms with van der Waals surface area (Å²) in [7, 11) is 0. The molecule has 5 nitrogen and oxygen atoms in total. The SMILES string of the molecule is CCOc1ccccc1NC(=O)c1ccc(NCCC(C)C)nc1. The van der Waals surface area contributed by atoms with E-state index in [1.807, 2.05) is 37.3 Å². The Morgan fingerprint density at radius 3 is 2.67 bits per heavy atom. The number of nitrogens with zero attached hydrogens (tertiary/aromatic N) is 1. The van der Waals surface area contributed by atoms with Crippen molar-refractivity contribution in [2.24, 2.45) is 5.92 Å². The zero-order valence-electron chi connectivity index (χ0n) is 14.5. The first-order valence-corrected chi connectivity index (χ1v) is 8.33. The van der Waals surface area contributed by atoms with Crippen LogP contribution in [0.15, 0.2) is 42.6 Å². The number of pyridine rings is 1. The molecule has 1 aromatic carbocycles. The van der Waals surface area contributed by atoms with E-state index in [1.165, 1.54) is 0 Å². The maximum absolute atomic E-state index is 12.4. The molecule has 2 N–H and O–H groups in total. The van der Waals surface area contributed by atoms with Gasteiger partial charge in [0.1, 0.15) is 11.6 Å². The Kier molecular flexibility index (Phi) is 6.61. The molecule has 1 heterocycles. The second-order valence-electron chi connectivity index (χ2n) is 5.92. The van der Waals surface area contributed by atoms with Crippen LogP contribution in [0.25, 0.3) is 0 Å². The summed E-state index contributed by atoms with van der Waals surface area (Å²) in [5.41, 5.74) is 1.17. The summed E-state index contributed by atoms with van der Waals surface area (Å²) in [4.78, 5) is 16.7. The monoisotopic (exact) mass is 327 g/mol. The largest absolute Gasteiger partial charge is 0.492 e. The smallest absolute Gasteiger partial charge is 0.257 e. The Labute approximate surface area is 143 Å². The highest BCUT2D eigenvalue weighted by molar-refractivity contribution is 6.04. The number of ether oxygens (including phenoxy) is 1. The van der Waals surface area contributed by atoms with Crippen molar-refractivity contribution < 1.29 is 9.53 Å². The van der Waals surface area contributed by atoms with Gasteiger partial charge >= 0.3 is 0 Å². The van der Waals surface area contributed by atoms with Crippen molar-refractivity contribution in [2.75, 3.05) is 23.8 Å². The maximum atomic E-state index is 12.4. The third-order valence-corrected chi connectivity index (χ3v) is 3.49. The third-order valence-electron chi connectivity index (χ3n) is 3.49. The van der Waals surface area contributed by atoms with Crippen molar-refractivity contribution in [1.82, 2.24) is 4.98 Å². The number of carbonyl (C=O) groups excluding carboxylic acids is 1. The van der Waals surface area contributed by atoms with Crippen LogP contribution < -0.4 is 15.4 Å². The van der Waals surface area contributed by atoms with E-state index in [9.17, 15) is 4.79 Å². The van der Waals surface area contributed by atoms with E-state index in [2.05, 4.69) is 29.5 Å². The topological polar surface area (TPSA) is 63.2 Å². The highest BCUT2D eigenvalue weighted by Gasteiger charge is 2.10. The molecule has 0 saturated heterocycles. The van der Waals surface area contributed by atoms with Crippen LogP contribution >= 0.6 is 0 Å². The van der Waals surface area contributed by atoms with E-state index in [1.54, 1.807) is 12.3 Å². The first-order valence-electron chi connectivity index (χ1n) is 8.33. The number of aromatic nitrogens is 1. The molecule has 0 radical (unpaired) electrons. The van der Waals surface area contributed by atoms with Gasteiger partial charge in [-0.15, -0.1) is 0 Å². The molecule has 128 valence electrons. The molecule has 5 heteroatoms. The lowest BCUT2D eigenvalue weighted by Gasteiger charge is -2.11. The van der Waals surface area contributed by atoms with Crippen LogP contribution in [0.4, 0.5) is 11.5 Å². The number of carbonyl (C=O) groups is 1. The zero-order valence-corrected chi connectivity index (χ0v) is 14.5. The minimum Gasteiger partial charge on any atom is -0.492 e. The molecule has 0 saturated carbocycles. The number of nitrogens with one attached hydrogen (secondary N) is 2. The fourth-order valence-corrected chi connectivity index (χ4v) is 2.17. The molecule has 2 rings (SSSR count). The van der Waals surface area contributed by atoms with Crippen LogP contribution in [0.1, 0.15) is 37.6 Å². The molecule has 0 aliphatic rings. The Hall–Kier alpha value is -2.56. The molecular formula is C19H25N3O2. The van der Waals surface area contributed by atoms with Crippen molar-refractivity contribution in [3.05, 3.63) is 48.2 Å². The molecule has 2 aromatic rings. The lowest BCUT2D eigenvalue weighted by molar-refractivity contribution is 0.102. The number of amides is 1. The molecule has 0 fully saturated rings. The van der Waals surface area contributed by atoms with Crippen LogP contribution in [-0.4, -0.2) is 24.0 Å². The molecule has 0 aliphatic heterocycles. The number of hydrogen-bond donors (Lipinski definition) is 2. The summed E-state index contributed by atoms with van der Waals surface area (Å²) in [6.45, 7) is 7.70. The van der Waals surface area contributed by atoms with Gasteiger partial charge in [-0.25, -0.2) is 4.98 Å². The molecule has 1 aromatic heterocycles. The van der Waals surface area contributed by atoms with Crippen molar-refractivity contribution in [3.8, 4) is 5.75 Å². The van der Waals surface area contributed by atoms with Crippen LogP contribution in [0.2, 0.25) is 0 Å². The van der Waals surface area contributed by atoms with Gasteiger partial charge in [-0.1, -0.05) is 26.0 Å². The van der Waals surface area contributed by atoms with Crippen LogP contribution in [0, 0.1) is 5.92 Å². The summed E-state index contributed by atoms with van der Waals surface area (Å²) in [5, 5.41) is 6.12. The minimum atomic E-state index is -0.205. The van der Waals surface area contributed by atoms with Crippen molar-refractivity contribution in [2.45, 2.75) is 27.2 Å². The summed E-state index contributed by atoms with van der Waals surface area (Å²) < 4.78 is 5.52. The van der Waals surface area contributed by atoms with Gasteiger partial charge in [0.15, 0.2) is 0 Å². The molecule has 0 spiro atoms. The predicted octanol–water partition coefficient (Wildman–Crippen LogP) is 4.19. The Morgan fingerprint density at radius 1 is 1.21 bits per heavy atom. The highest BCUT2D eigenvalue weighted by Crippen LogP contribution is 2.24. The highest BCUT2D eigenvalue weighted by atomic mass is 16.5. The lowest BCUT2D eigenvalue weighted by atomic mass is 10.1. The van der Waals surface area contributed by atoms with Gasteiger partial charge < -0.3 is 15.4 Å². The zero-order chi connectivity index (χ0) is 17.4. The molecule has 1 amide bonds. The molecule has 0 bridgehead atoms. The van der Waals surface area contributed by atoms with Crippen LogP contribution in [-0.2, 0) is 0 Å². The Bertz CT molecular complexity index is 654. The van der Waals surface area contributed by atoms with Crippen molar-refractivity contribution >= 4 is 17.4 Å². The Balaban J connectivity index is 1.98. The number of benzene rings is 1. The van der Waals surface area contributed by atoms with Gasteiger partial charge in [0.25, 0.3) is 5.91 Å². The summed E-state index contributed by atoms with van der Waals surface area (Å²) in [6, 6.07) is 11.0. The fraction of sp³-hybridized carbons (Fsp3) is 0.368. The molecular weight excluding hydrogens is 302 g/mol. The van der Waals surface area contributed by atoms with Gasteiger partial charge in [-0.05, 0) is 43.5 Å². The Morgan fingerprint density at radius 2 is 2.00 bits per heavy atom. The number of para-hydroxylation sites is 2. The first-order chi connectivity index (χ1) is 11.6. The number of rotatable bonds is 8. The third kappa shape index (κ3) is 5.26. The minimum absolute atomic E-state index is 0.205. The second kappa shape index (κ2) is 8.91. The van der Waals surface area contributed by atoms with Gasteiger partial charge in [-0.2, -0.15) is 0 Å². The summed E-state index contributed by atoms with van der Waals surface area (Å²) in [5.74, 6) is 1.88. The van der Waals surface area contributed by atoms with Gasteiger partial charge in [-0.3, -0.25) is 4.79 Å². The van der Waals surface area contributed by atoms with E-state index in [0.717, 1.165) is 18.8 Å². The van der Waals surface area contributed by atoms with Gasteiger partial charge in [0.2, 0.25) is 0 Å². The quantitative estimate of drug-likeness (QED) is 0.763. The van der Waals surface area contributed by atoms with Crippen LogP contribution in [0.5, 0.6) is 5.75 Å². The van der Waals surface area contributed by atoms with E-state index in [4.69, 9.17) is 4.74 Å². The van der Waals surface area contributed by atoms with Gasteiger partial charge in [0, 0.05) is 12.7 Å². The van der Waals surface area contributed by atoms with E-state index < -0.39 is 0 Å². The van der Waals surface area contributed by atoms with E-state index in [-0.39, 0.29) is 5.91 Å². The van der Waals surface area contributed by atoms with Crippen LogP contribution in [0.3, 0.4) is 0 Å². The van der Waals surface area contributed by atoms with E-state index in [0.29, 0.717) is 29.5 Å². The van der Waals surface area contributed by atoms with Crippen molar-refractivity contribution in [3.63, 3.8) is 0 Å². The molecule has 24 heavy (non-hydrogen) atoms. The van der Waals surface area contributed by atoms with Crippen molar-refractivity contribution in [1.29, 1.82) is 0 Å². The summed E-state index contributed by atoms with van der Waals surface area (Å²) >= 11 is 0. The molecule has 0 atom stereocenters. The number of hydrogen-bond acceptors (Lipinski definition) is 4. The normalized spacial score (nSPS) is 10.5. The first kappa shape index (κ1) is 17.8. The lowest BCUT2D eigenvalue weighted by Crippen LogP contribution is -2.14. The molecule has 0 unspecified atom stereocenters.